The van der Waals surface area contributed by atoms with Crippen LogP contribution in [0.15, 0.2) is 64.9 Å². The molecule has 1 fully saturated rings. The number of anilines is 1. The molecule has 2 heterocycles. The molecule has 0 saturated carbocycles. The smallest absolute Gasteiger partial charge is 0.243 e. The summed E-state index contributed by atoms with van der Waals surface area (Å²) < 4.78 is 0. The van der Waals surface area contributed by atoms with Gasteiger partial charge in [0.25, 0.3) is 0 Å². The summed E-state index contributed by atoms with van der Waals surface area (Å²) in [6.45, 7) is 1.85. The number of thioether (sulfide) groups is 1. The number of rotatable bonds is 3. The summed E-state index contributed by atoms with van der Waals surface area (Å²) in [6, 6.07) is 15.1. The molecule has 5 nitrogen and oxygen atoms in total. The van der Waals surface area contributed by atoms with E-state index >= 15 is 0 Å². The average molecular weight is 310 g/mol. The van der Waals surface area contributed by atoms with E-state index in [9.17, 15) is 4.79 Å². The van der Waals surface area contributed by atoms with Crippen molar-refractivity contribution >= 4 is 34.2 Å². The van der Waals surface area contributed by atoms with E-state index in [-0.39, 0.29) is 5.91 Å². The van der Waals surface area contributed by atoms with E-state index in [0.29, 0.717) is 16.6 Å². The summed E-state index contributed by atoms with van der Waals surface area (Å²) in [4.78, 5) is 17.9. The van der Waals surface area contributed by atoms with Crippen LogP contribution in [0.5, 0.6) is 0 Å². The van der Waals surface area contributed by atoms with E-state index in [4.69, 9.17) is 0 Å². The second-order valence-electron chi connectivity index (χ2n) is 4.64. The molecule has 3 rings (SSSR count). The lowest BCUT2D eigenvalue weighted by Gasteiger charge is -2.14. The Morgan fingerprint density at radius 2 is 1.95 bits per heavy atom. The molecule has 0 aliphatic carbocycles. The number of pyridine rings is 1. The molecule has 0 N–H and O–H groups in total. The zero-order valence-corrected chi connectivity index (χ0v) is 12.8. The van der Waals surface area contributed by atoms with Gasteiger partial charge in [0.15, 0.2) is 5.17 Å². The van der Waals surface area contributed by atoms with Crippen molar-refractivity contribution in [2.75, 3.05) is 10.7 Å². The van der Waals surface area contributed by atoms with Gasteiger partial charge in [0.1, 0.15) is 0 Å². The summed E-state index contributed by atoms with van der Waals surface area (Å²) in [5, 5.41) is 9.04. The molecule has 1 aromatic heterocycles. The summed E-state index contributed by atoms with van der Waals surface area (Å²) in [7, 11) is 0. The average Bonchev–Trinajstić information content (AvgIpc) is 2.95. The molecule has 6 heteroatoms. The first-order valence-corrected chi connectivity index (χ1v) is 7.79. The zero-order valence-electron chi connectivity index (χ0n) is 12.0. The Bertz CT molecular complexity index is 728. The topological polar surface area (TPSA) is 57.9 Å². The summed E-state index contributed by atoms with van der Waals surface area (Å²) in [5.74, 6) is 0.395. The highest BCUT2D eigenvalue weighted by Crippen LogP contribution is 2.26. The molecule has 22 heavy (non-hydrogen) atoms. The first-order valence-electron chi connectivity index (χ1n) is 6.80. The van der Waals surface area contributed by atoms with Crippen LogP contribution in [0.4, 0.5) is 5.69 Å². The Labute approximate surface area is 132 Å². The number of para-hydroxylation sites is 1. The lowest BCUT2D eigenvalue weighted by molar-refractivity contribution is -0.115. The van der Waals surface area contributed by atoms with Crippen LogP contribution < -0.4 is 4.90 Å². The molecule has 0 spiro atoms. The Kier molecular flexibility index (Phi) is 4.29. The standard InChI is InChI=1S/C16H14N4OS/c1-12(14-9-5-6-10-17-14)18-19-16-20(15(21)11-22-16)13-7-3-2-4-8-13/h2-10H,11H2,1H3/b18-12+,19-16-. The molecule has 1 aliphatic rings. The van der Waals surface area contributed by atoms with Crippen LogP contribution >= 0.6 is 11.8 Å². The monoisotopic (exact) mass is 310 g/mol. The minimum Gasteiger partial charge on any atom is -0.273 e. The van der Waals surface area contributed by atoms with Crippen LogP contribution in [0.25, 0.3) is 0 Å². The third-order valence-corrected chi connectivity index (χ3v) is 4.01. The lowest BCUT2D eigenvalue weighted by Crippen LogP contribution is -2.29. The van der Waals surface area contributed by atoms with Crippen LogP contribution in [-0.4, -0.2) is 27.5 Å². The van der Waals surface area contributed by atoms with Gasteiger partial charge in [-0.3, -0.25) is 14.7 Å². The summed E-state index contributed by atoms with van der Waals surface area (Å²) >= 11 is 1.39. The molecule has 0 bridgehead atoms. The first kappa shape index (κ1) is 14.5. The molecule has 1 aromatic carbocycles. The Hall–Kier alpha value is -2.47. The van der Waals surface area contributed by atoms with Crippen molar-refractivity contribution in [3.8, 4) is 0 Å². The van der Waals surface area contributed by atoms with Gasteiger partial charge in [0.05, 0.1) is 22.8 Å². The predicted molar refractivity (Wildman–Crippen MR) is 90.3 cm³/mol. The SMILES string of the molecule is C/C(=N\N=C1/SCC(=O)N1c1ccccc1)c1ccccn1. The Morgan fingerprint density at radius 3 is 2.68 bits per heavy atom. The second kappa shape index (κ2) is 6.53. The molecule has 0 unspecified atom stereocenters. The van der Waals surface area contributed by atoms with Gasteiger partial charge in [-0.15, -0.1) is 5.10 Å². The van der Waals surface area contributed by atoms with Crippen LogP contribution in [0.3, 0.4) is 0 Å². The maximum Gasteiger partial charge on any atom is 0.243 e. The second-order valence-corrected chi connectivity index (χ2v) is 5.58. The quantitative estimate of drug-likeness (QED) is 0.647. The number of hydrogen-bond donors (Lipinski definition) is 0. The molecular formula is C16H14N4OS. The summed E-state index contributed by atoms with van der Waals surface area (Å²) in [5.41, 5.74) is 2.29. The van der Waals surface area contributed by atoms with E-state index in [2.05, 4.69) is 15.2 Å². The van der Waals surface area contributed by atoms with Gasteiger partial charge in [0.2, 0.25) is 5.91 Å². The minimum absolute atomic E-state index is 0.0145. The van der Waals surface area contributed by atoms with Crippen LogP contribution in [0.1, 0.15) is 12.6 Å². The fourth-order valence-corrected chi connectivity index (χ4v) is 2.83. The third-order valence-electron chi connectivity index (χ3n) is 3.10. The molecule has 1 aliphatic heterocycles. The number of benzene rings is 1. The predicted octanol–water partition coefficient (Wildman–Crippen LogP) is 2.94. The molecule has 1 saturated heterocycles. The van der Waals surface area contributed by atoms with Crippen molar-refractivity contribution < 1.29 is 4.79 Å². The van der Waals surface area contributed by atoms with Gasteiger partial charge in [-0.25, -0.2) is 0 Å². The Morgan fingerprint density at radius 1 is 1.18 bits per heavy atom. The number of hydrogen-bond acceptors (Lipinski definition) is 5. The number of amidine groups is 1. The van der Waals surface area contributed by atoms with Gasteiger partial charge in [0, 0.05) is 6.20 Å². The largest absolute Gasteiger partial charge is 0.273 e. The lowest BCUT2D eigenvalue weighted by atomic mass is 10.3. The van der Waals surface area contributed by atoms with Crippen molar-refractivity contribution in [2.24, 2.45) is 10.2 Å². The molecule has 0 radical (unpaired) electrons. The van der Waals surface area contributed by atoms with Crippen LogP contribution in [-0.2, 0) is 4.79 Å². The highest BCUT2D eigenvalue weighted by Gasteiger charge is 2.29. The number of nitrogens with zero attached hydrogens (tertiary/aromatic N) is 4. The third kappa shape index (κ3) is 3.07. The molecule has 110 valence electrons. The van der Waals surface area contributed by atoms with Crippen LogP contribution in [0, 0.1) is 0 Å². The maximum atomic E-state index is 12.1. The van der Waals surface area contributed by atoms with Gasteiger partial charge in [-0.2, -0.15) is 5.10 Å². The van der Waals surface area contributed by atoms with Crippen molar-refractivity contribution in [1.82, 2.24) is 4.98 Å². The minimum atomic E-state index is 0.0145. The van der Waals surface area contributed by atoms with Crippen LogP contribution in [0.2, 0.25) is 0 Å². The van der Waals surface area contributed by atoms with Gasteiger partial charge in [-0.1, -0.05) is 36.0 Å². The highest BCUT2D eigenvalue weighted by molar-refractivity contribution is 8.15. The first-order chi connectivity index (χ1) is 10.8. The molecule has 2 aromatic rings. The van der Waals surface area contributed by atoms with E-state index < -0.39 is 0 Å². The fourth-order valence-electron chi connectivity index (χ4n) is 2.01. The van der Waals surface area contributed by atoms with E-state index in [1.807, 2.05) is 55.5 Å². The van der Waals surface area contributed by atoms with Gasteiger partial charge < -0.3 is 0 Å². The highest BCUT2D eigenvalue weighted by atomic mass is 32.2. The van der Waals surface area contributed by atoms with E-state index in [1.165, 1.54) is 11.8 Å². The number of aromatic nitrogens is 1. The zero-order chi connectivity index (χ0) is 15.4. The summed E-state index contributed by atoms with van der Waals surface area (Å²) in [6.07, 6.45) is 1.71. The molecule has 0 atom stereocenters. The molecular weight excluding hydrogens is 296 g/mol. The van der Waals surface area contributed by atoms with Gasteiger partial charge >= 0.3 is 0 Å². The van der Waals surface area contributed by atoms with Crippen molar-refractivity contribution in [2.45, 2.75) is 6.92 Å². The number of amides is 1. The number of carbonyl (C=O) groups is 1. The van der Waals surface area contributed by atoms with Gasteiger partial charge in [-0.05, 0) is 31.2 Å². The normalized spacial score (nSPS) is 17.3. The van der Waals surface area contributed by atoms with E-state index in [0.717, 1.165) is 11.4 Å². The van der Waals surface area contributed by atoms with E-state index in [1.54, 1.807) is 11.1 Å². The molecule has 1 amide bonds. The maximum absolute atomic E-state index is 12.1. The fraction of sp³-hybridized carbons (Fsp3) is 0.125. The van der Waals surface area contributed by atoms with Crippen molar-refractivity contribution in [1.29, 1.82) is 0 Å². The van der Waals surface area contributed by atoms with Crippen molar-refractivity contribution in [3.05, 3.63) is 60.4 Å². The number of carbonyl (C=O) groups excluding carboxylic acids is 1. The van der Waals surface area contributed by atoms with Crippen molar-refractivity contribution in [3.63, 3.8) is 0 Å². The Balaban J connectivity index is 1.88.